The minimum atomic E-state index is -1.32. The molecule has 0 bridgehead atoms. The van der Waals surface area contributed by atoms with Crippen molar-refractivity contribution in [1.82, 2.24) is 15.0 Å². The predicted molar refractivity (Wildman–Crippen MR) is 114 cm³/mol. The first-order chi connectivity index (χ1) is 14.1. The Morgan fingerprint density at radius 3 is 2.66 bits per heavy atom. The summed E-state index contributed by atoms with van der Waals surface area (Å²) in [5.74, 6) is 0.467. The van der Waals surface area contributed by atoms with Gasteiger partial charge in [0.25, 0.3) is 0 Å². The van der Waals surface area contributed by atoms with Crippen LogP contribution in [0.2, 0.25) is 0 Å². The van der Waals surface area contributed by atoms with Crippen LogP contribution in [0.1, 0.15) is 0 Å². The summed E-state index contributed by atoms with van der Waals surface area (Å²) in [5, 5.41) is 0.620. The molecule has 0 aliphatic carbocycles. The van der Waals surface area contributed by atoms with Gasteiger partial charge in [0.2, 0.25) is 0 Å². The molecule has 4 aromatic rings. The maximum Gasteiger partial charge on any atom is 0.162 e. The number of nitrogens with two attached hydrogens (primary N) is 1. The minimum Gasteiger partial charge on any atom is -0.396 e. The summed E-state index contributed by atoms with van der Waals surface area (Å²) in [5.41, 5.74) is 8.77. The van der Waals surface area contributed by atoms with Crippen molar-refractivity contribution < 1.29 is 13.3 Å². The Kier molecular flexibility index (Phi) is 5.61. The van der Waals surface area contributed by atoms with Crippen molar-refractivity contribution in [1.29, 1.82) is 0 Å². The van der Waals surface area contributed by atoms with Crippen LogP contribution in [0.25, 0.3) is 32.9 Å². The molecule has 9 heteroatoms. The van der Waals surface area contributed by atoms with Crippen LogP contribution in [0.5, 0.6) is 0 Å². The summed E-state index contributed by atoms with van der Waals surface area (Å²) < 4.78 is 31.7. The van der Waals surface area contributed by atoms with Gasteiger partial charge < -0.3 is 10.5 Å². The first kappa shape index (κ1) is 19.6. The lowest BCUT2D eigenvalue weighted by atomic mass is 10.1. The zero-order valence-electron chi connectivity index (χ0n) is 15.5. The second-order valence-electron chi connectivity index (χ2n) is 6.17. The van der Waals surface area contributed by atoms with E-state index in [0.29, 0.717) is 49.6 Å². The fraction of sp³-hybridized carbons (Fsp3) is 0.150. The van der Waals surface area contributed by atoms with Crippen molar-refractivity contribution in [2.75, 3.05) is 25.2 Å². The third-order valence-electron chi connectivity index (χ3n) is 4.27. The van der Waals surface area contributed by atoms with Gasteiger partial charge in [-0.1, -0.05) is 0 Å². The summed E-state index contributed by atoms with van der Waals surface area (Å²) in [6.07, 6.45) is 3.34. The van der Waals surface area contributed by atoms with Crippen LogP contribution >= 0.6 is 11.3 Å². The molecule has 2 N–H and O–H groups in total. The van der Waals surface area contributed by atoms with E-state index in [1.165, 1.54) is 23.5 Å². The van der Waals surface area contributed by atoms with E-state index in [4.69, 9.17) is 15.5 Å². The summed E-state index contributed by atoms with van der Waals surface area (Å²) in [7, 11) is 0.241. The first-order valence-corrected chi connectivity index (χ1v) is 10.9. The lowest BCUT2D eigenvalue weighted by molar-refractivity contribution is 0.218. The number of anilines is 1. The highest BCUT2D eigenvalue weighted by molar-refractivity contribution is 7.87. The first-order valence-electron chi connectivity index (χ1n) is 8.72. The van der Waals surface area contributed by atoms with Crippen LogP contribution in [-0.2, 0) is 15.5 Å². The Bertz CT molecular complexity index is 1180. The average molecular weight is 429 g/mol. The van der Waals surface area contributed by atoms with Gasteiger partial charge >= 0.3 is 0 Å². The molecule has 0 saturated heterocycles. The normalized spacial score (nSPS) is 12.3. The largest absolute Gasteiger partial charge is 0.396 e. The second-order valence-corrected chi connectivity index (χ2v) is 8.94. The lowest BCUT2D eigenvalue weighted by Gasteiger charge is -2.07. The number of hydrogen-bond acceptors (Lipinski definition) is 7. The number of nitrogens with zero attached hydrogens (tertiary/aromatic N) is 3. The van der Waals surface area contributed by atoms with E-state index >= 15 is 0 Å². The van der Waals surface area contributed by atoms with Crippen LogP contribution < -0.4 is 5.73 Å². The van der Waals surface area contributed by atoms with Crippen LogP contribution in [-0.4, -0.2) is 38.6 Å². The van der Waals surface area contributed by atoms with Crippen molar-refractivity contribution in [3.05, 3.63) is 54.6 Å². The Balaban J connectivity index is 1.95. The van der Waals surface area contributed by atoms with Crippen LogP contribution in [0.15, 0.2) is 53.0 Å². The molecule has 3 aromatic heterocycles. The van der Waals surface area contributed by atoms with Gasteiger partial charge in [-0.05, 0) is 36.4 Å². The van der Waals surface area contributed by atoms with Gasteiger partial charge in [0.05, 0.1) is 39.9 Å². The van der Waals surface area contributed by atoms with E-state index in [0.717, 1.165) is 5.56 Å². The van der Waals surface area contributed by atoms with Crippen molar-refractivity contribution in [2.24, 2.45) is 0 Å². The highest BCUT2D eigenvalue weighted by Gasteiger charge is 2.22. The number of hydrogen-bond donors (Lipinski definition) is 1. The molecule has 6 nitrogen and oxygen atoms in total. The quantitative estimate of drug-likeness (QED) is 0.501. The molecule has 148 valence electrons. The Morgan fingerprint density at radius 2 is 1.97 bits per heavy atom. The Labute approximate surface area is 173 Å². The molecule has 4 rings (SSSR count). The maximum atomic E-state index is 13.5. The number of thiophene rings is 1. The number of aromatic nitrogens is 3. The van der Waals surface area contributed by atoms with Gasteiger partial charge in [-0.25, -0.2) is 14.4 Å². The molecule has 29 heavy (non-hydrogen) atoms. The number of nitrogen functional groups attached to an aromatic ring is 1. The number of rotatable bonds is 6. The third-order valence-corrected chi connectivity index (χ3v) is 7.14. The lowest BCUT2D eigenvalue weighted by Crippen LogP contribution is -2.04. The average Bonchev–Trinajstić information content (AvgIpc) is 3.09. The van der Waals surface area contributed by atoms with Crippen LogP contribution in [0.3, 0.4) is 0 Å². The number of pyridine rings is 1. The molecular formula is C20H17FN4O2S2. The van der Waals surface area contributed by atoms with Gasteiger partial charge in [0.1, 0.15) is 14.9 Å². The molecule has 0 unspecified atom stereocenters. The topological polar surface area (TPSA) is 91.0 Å². The third kappa shape index (κ3) is 3.89. The zero-order chi connectivity index (χ0) is 20.4. The van der Waals surface area contributed by atoms with Gasteiger partial charge in [-0.3, -0.25) is 9.19 Å². The summed E-state index contributed by atoms with van der Waals surface area (Å²) in [6, 6.07) is 9.68. The Morgan fingerprint density at radius 1 is 1.17 bits per heavy atom. The van der Waals surface area contributed by atoms with E-state index in [9.17, 15) is 8.60 Å². The van der Waals surface area contributed by atoms with Crippen molar-refractivity contribution in [3.63, 3.8) is 0 Å². The number of fused-ring (bicyclic) bond motifs is 1. The number of benzene rings is 1. The SMILES string of the molecule is COCC[S@](=O)c1sc2nc(-c3cccnc3)nc(-c3ccc(F)cc3)c2c1N. The molecule has 0 aliphatic rings. The summed E-state index contributed by atoms with van der Waals surface area (Å²) >= 11 is 1.28. The number of halogens is 1. The summed E-state index contributed by atoms with van der Waals surface area (Å²) in [6.45, 7) is 0.359. The fourth-order valence-corrected chi connectivity index (χ4v) is 5.40. The van der Waals surface area contributed by atoms with Gasteiger partial charge in [0, 0.05) is 30.6 Å². The molecule has 1 aromatic carbocycles. The van der Waals surface area contributed by atoms with Crippen molar-refractivity contribution in [3.8, 4) is 22.6 Å². The van der Waals surface area contributed by atoms with Gasteiger partial charge in [0.15, 0.2) is 5.82 Å². The molecule has 0 saturated carbocycles. The zero-order valence-corrected chi connectivity index (χ0v) is 17.1. The van der Waals surface area contributed by atoms with Gasteiger partial charge in [-0.15, -0.1) is 11.3 Å². The van der Waals surface area contributed by atoms with Crippen LogP contribution in [0.4, 0.5) is 10.1 Å². The van der Waals surface area contributed by atoms with Gasteiger partial charge in [-0.2, -0.15) is 0 Å². The Hall–Kier alpha value is -2.75. The highest BCUT2D eigenvalue weighted by Crippen LogP contribution is 2.41. The molecule has 0 fully saturated rings. The number of ether oxygens (including phenoxy) is 1. The fourth-order valence-electron chi connectivity index (χ4n) is 2.86. The van der Waals surface area contributed by atoms with E-state index in [1.54, 1.807) is 37.7 Å². The predicted octanol–water partition coefficient (Wildman–Crippen LogP) is 3.90. The maximum absolute atomic E-state index is 13.5. The number of methoxy groups -OCH3 is 1. The van der Waals surface area contributed by atoms with E-state index in [-0.39, 0.29) is 5.82 Å². The molecule has 0 radical (unpaired) electrons. The molecule has 0 spiro atoms. The molecule has 1 atom stereocenters. The molecule has 0 aliphatic heterocycles. The second kappa shape index (κ2) is 8.32. The smallest absolute Gasteiger partial charge is 0.162 e. The van der Waals surface area contributed by atoms with Crippen LogP contribution in [0, 0.1) is 5.82 Å². The standard InChI is InChI=1S/C20H17FN4O2S2/c1-27-9-10-29(26)20-16(22)15-17(12-4-6-14(21)7-5-12)24-18(25-19(15)28-20)13-3-2-8-23-11-13/h2-8,11H,9-10,22H2,1H3/t29-/m0/s1. The van der Waals surface area contributed by atoms with Crippen molar-refractivity contribution >= 4 is 38.0 Å². The highest BCUT2D eigenvalue weighted by atomic mass is 32.2. The molecule has 0 amide bonds. The van der Waals surface area contributed by atoms with Crippen molar-refractivity contribution in [2.45, 2.75) is 4.21 Å². The van der Waals surface area contributed by atoms with E-state index < -0.39 is 10.8 Å². The monoisotopic (exact) mass is 428 g/mol. The molecule has 3 heterocycles. The van der Waals surface area contributed by atoms with E-state index in [2.05, 4.69) is 9.97 Å². The van der Waals surface area contributed by atoms with E-state index in [1.807, 2.05) is 6.07 Å². The molecular weight excluding hydrogens is 411 g/mol. The summed E-state index contributed by atoms with van der Waals surface area (Å²) in [4.78, 5) is 14.1. The minimum absolute atomic E-state index is 0.336.